The van der Waals surface area contributed by atoms with E-state index in [0.717, 1.165) is 0 Å². The van der Waals surface area contributed by atoms with E-state index in [0.29, 0.717) is 11.1 Å². The first kappa shape index (κ1) is 13.2. The van der Waals surface area contributed by atoms with Crippen LogP contribution in [-0.2, 0) is 4.79 Å². The minimum atomic E-state index is -0.819. The number of aryl methyl sites for hydroxylation is 1. The Balaban J connectivity index is 0.00000169. The summed E-state index contributed by atoms with van der Waals surface area (Å²) >= 11 is 5.23. The van der Waals surface area contributed by atoms with Gasteiger partial charge in [-0.25, -0.2) is 0 Å². The van der Waals surface area contributed by atoms with Crippen molar-refractivity contribution in [2.24, 2.45) is 5.73 Å². The van der Waals surface area contributed by atoms with E-state index in [1.54, 1.807) is 19.1 Å². The maximum Gasteiger partial charge on any atom is 0.242 e. The Kier molecular flexibility index (Phi) is 4.91. The second-order valence-corrected chi connectivity index (χ2v) is 3.20. The monoisotopic (exact) mass is 235 g/mol. The van der Waals surface area contributed by atoms with Gasteiger partial charge >= 0.3 is 0 Å². The summed E-state index contributed by atoms with van der Waals surface area (Å²) in [6, 6.07) is 3.89. The molecule has 1 atom stereocenters. The molecule has 0 fully saturated rings. The molecule has 1 unspecified atom stereocenters. The summed E-state index contributed by atoms with van der Waals surface area (Å²) in [7, 11) is 0. The molecule has 0 saturated heterocycles. The number of rotatable bonds is 2. The average Bonchev–Trinajstić information content (AvgIpc) is 2.08. The van der Waals surface area contributed by atoms with Gasteiger partial charge in [-0.2, -0.15) is 0 Å². The average molecular weight is 236 g/mol. The number of carbonyl (C=O) groups is 1. The van der Waals surface area contributed by atoms with Crippen LogP contribution in [0, 0.1) is 6.92 Å². The zero-order chi connectivity index (χ0) is 10.0. The van der Waals surface area contributed by atoms with Crippen LogP contribution in [0.25, 0.3) is 0 Å². The molecular weight excluding hydrogens is 225 g/mol. The summed E-state index contributed by atoms with van der Waals surface area (Å²) in [4.78, 5) is 10.7. The van der Waals surface area contributed by atoms with Crippen LogP contribution in [0.4, 0.5) is 0 Å². The number of phenolic OH excluding ortho intramolecular Hbond substituents is 1. The lowest BCUT2D eigenvalue weighted by Gasteiger charge is -2.08. The number of phenols is 1. The lowest BCUT2D eigenvalue weighted by atomic mass is 10.1. The fourth-order valence-corrected chi connectivity index (χ4v) is 1.13. The minimum Gasteiger partial charge on any atom is -0.508 e. The van der Waals surface area contributed by atoms with E-state index < -0.39 is 11.3 Å². The van der Waals surface area contributed by atoms with E-state index in [-0.39, 0.29) is 18.2 Å². The van der Waals surface area contributed by atoms with Gasteiger partial charge in [0.05, 0.1) is 0 Å². The van der Waals surface area contributed by atoms with Crippen molar-refractivity contribution < 1.29 is 9.90 Å². The van der Waals surface area contributed by atoms with Gasteiger partial charge in [0, 0.05) is 0 Å². The van der Waals surface area contributed by atoms with Crippen LogP contribution in [0.1, 0.15) is 17.2 Å². The molecular formula is C9H11Cl2NO2. The zero-order valence-corrected chi connectivity index (χ0v) is 9.10. The van der Waals surface area contributed by atoms with Crippen LogP contribution in [0.2, 0.25) is 0 Å². The molecule has 3 N–H and O–H groups in total. The molecule has 1 aromatic carbocycles. The number of aromatic hydroxyl groups is 1. The quantitative estimate of drug-likeness (QED) is 0.770. The fourth-order valence-electron chi connectivity index (χ4n) is 1.00. The van der Waals surface area contributed by atoms with Gasteiger partial charge in [0.15, 0.2) is 0 Å². The van der Waals surface area contributed by atoms with Crippen LogP contribution in [0.15, 0.2) is 18.2 Å². The van der Waals surface area contributed by atoms with Gasteiger partial charge in [-0.05, 0) is 35.7 Å². The Morgan fingerprint density at radius 1 is 1.57 bits per heavy atom. The summed E-state index contributed by atoms with van der Waals surface area (Å²) < 4.78 is 0. The Labute approximate surface area is 93.3 Å². The van der Waals surface area contributed by atoms with Crippen molar-refractivity contribution in [2.75, 3.05) is 0 Å². The number of carbonyl (C=O) groups excluding carboxylic acids is 1. The van der Waals surface area contributed by atoms with E-state index >= 15 is 0 Å². The van der Waals surface area contributed by atoms with Gasteiger partial charge in [-0.3, -0.25) is 4.79 Å². The SMILES string of the molecule is Cc1cc(C(N)C(=O)Cl)ccc1O.Cl. The zero-order valence-electron chi connectivity index (χ0n) is 7.53. The number of halogens is 2. The van der Waals surface area contributed by atoms with Crippen LogP contribution >= 0.6 is 24.0 Å². The van der Waals surface area contributed by atoms with E-state index in [4.69, 9.17) is 17.3 Å². The molecule has 78 valence electrons. The van der Waals surface area contributed by atoms with Crippen molar-refractivity contribution in [3.05, 3.63) is 29.3 Å². The van der Waals surface area contributed by atoms with Crippen LogP contribution in [0.3, 0.4) is 0 Å². The highest BCUT2D eigenvalue weighted by molar-refractivity contribution is 6.64. The third-order valence-corrected chi connectivity index (χ3v) is 2.06. The molecule has 0 aliphatic heterocycles. The van der Waals surface area contributed by atoms with Gasteiger partial charge in [-0.1, -0.05) is 12.1 Å². The summed E-state index contributed by atoms with van der Waals surface area (Å²) in [5, 5.41) is 8.60. The summed E-state index contributed by atoms with van der Waals surface area (Å²) in [6.07, 6.45) is 0. The Bertz CT molecular complexity index is 342. The predicted molar refractivity (Wildman–Crippen MR) is 57.9 cm³/mol. The molecule has 14 heavy (non-hydrogen) atoms. The Hall–Kier alpha value is -0.770. The van der Waals surface area contributed by atoms with Gasteiger partial charge in [0.2, 0.25) is 5.24 Å². The van der Waals surface area contributed by atoms with Gasteiger partial charge < -0.3 is 10.8 Å². The van der Waals surface area contributed by atoms with Crippen molar-refractivity contribution in [2.45, 2.75) is 13.0 Å². The van der Waals surface area contributed by atoms with Gasteiger partial charge in [0.1, 0.15) is 11.8 Å². The Morgan fingerprint density at radius 3 is 2.57 bits per heavy atom. The molecule has 1 aromatic rings. The summed E-state index contributed by atoms with van der Waals surface area (Å²) in [6.45, 7) is 1.73. The predicted octanol–water partition coefficient (Wildman–Crippen LogP) is 1.89. The maximum atomic E-state index is 10.7. The molecule has 5 heteroatoms. The minimum absolute atomic E-state index is 0. The standard InChI is InChI=1S/C9H10ClNO2.ClH/c1-5-4-6(2-3-7(5)12)8(11)9(10)13;/h2-4,8,12H,11H2,1H3;1H. The van der Waals surface area contributed by atoms with Crippen molar-refractivity contribution >= 4 is 29.3 Å². The second-order valence-electron chi connectivity index (χ2n) is 2.83. The molecule has 0 radical (unpaired) electrons. The summed E-state index contributed by atoms with van der Waals surface area (Å²) in [5.74, 6) is 0.179. The molecule has 1 rings (SSSR count). The van der Waals surface area contributed by atoms with Crippen molar-refractivity contribution in [3.63, 3.8) is 0 Å². The molecule has 0 bridgehead atoms. The summed E-state index contributed by atoms with van der Waals surface area (Å²) in [5.41, 5.74) is 6.77. The molecule has 0 aromatic heterocycles. The molecule has 0 saturated carbocycles. The van der Waals surface area contributed by atoms with E-state index in [1.165, 1.54) is 6.07 Å². The van der Waals surface area contributed by atoms with Crippen molar-refractivity contribution in [3.8, 4) is 5.75 Å². The number of hydrogen-bond donors (Lipinski definition) is 2. The first-order chi connectivity index (χ1) is 6.02. The highest BCUT2D eigenvalue weighted by atomic mass is 35.5. The number of nitrogens with two attached hydrogens (primary N) is 1. The molecule has 0 spiro atoms. The fraction of sp³-hybridized carbons (Fsp3) is 0.222. The van der Waals surface area contributed by atoms with Crippen molar-refractivity contribution in [1.82, 2.24) is 0 Å². The van der Waals surface area contributed by atoms with Gasteiger partial charge in [0.25, 0.3) is 0 Å². The topological polar surface area (TPSA) is 63.3 Å². The lowest BCUT2D eigenvalue weighted by Crippen LogP contribution is -2.16. The number of benzene rings is 1. The third kappa shape index (κ3) is 2.87. The van der Waals surface area contributed by atoms with E-state index in [1.807, 2.05) is 0 Å². The third-order valence-electron chi connectivity index (χ3n) is 1.82. The van der Waals surface area contributed by atoms with Crippen LogP contribution in [-0.4, -0.2) is 10.3 Å². The molecule has 0 heterocycles. The first-order valence-corrected chi connectivity index (χ1v) is 4.14. The largest absolute Gasteiger partial charge is 0.508 e. The Morgan fingerprint density at radius 2 is 2.14 bits per heavy atom. The first-order valence-electron chi connectivity index (χ1n) is 3.77. The normalized spacial score (nSPS) is 11.6. The lowest BCUT2D eigenvalue weighted by molar-refractivity contribution is -0.112. The van der Waals surface area contributed by atoms with Crippen LogP contribution < -0.4 is 5.73 Å². The molecule has 0 amide bonds. The van der Waals surface area contributed by atoms with Crippen molar-refractivity contribution in [1.29, 1.82) is 0 Å². The highest BCUT2D eigenvalue weighted by Gasteiger charge is 2.13. The molecule has 3 nitrogen and oxygen atoms in total. The smallest absolute Gasteiger partial charge is 0.242 e. The van der Waals surface area contributed by atoms with E-state index in [2.05, 4.69) is 0 Å². The highest BCUT2D eigenvalue weighted by Crippen LogP contribution is 2.21. The second kappa shape index (κ2) is 5.20. The molecule has 0 aliphatic rings. The molecule has 0 aliphatic carbocycles. The number of hydrogen-bond acceptors (Lipinski definition) is 3. The van der Waals surface area contributed by atoms with Crippen LogP contribution in [0.5, 0.6) is 5.75 Å². The van der Waals surface area contributed by atoms with E-state index in [9.17, 15) is 9.90 Å². The van der Waals surface area contributed by atoms with Gasteiger partial charge in [-0.15, -0.1) is 12.4 Å². The maximum absolute atomic E-state index is 10.7.